The van der Waals surface area contributed by atoms with Gasteiger partial charge in [-0.2, -0.15) is 4.31 Å². The smallest absolute Gasteiger partial charge is 0.318 e. The van der Waals surface area contributed by atoms with Crippen LogP contribution in [0, 0.1) is 6.92 Å². The van der Waals surface area contributed by atoms with Crippen LogP contribution in [0.25, 0.3) is 0 Å². The number of carboxylic acids is 1. The molecule has 0 spiro atoms. The van der Waals surface area contributed by atoms with E-state index in [0.29, 0.717) is 13.0 Å². The van der Waals surface area contributed by atoms with E-state index in [2.05, 4.69) is 15.9 Å². The maximum Gasteiger partial charge on any atom is 0.318 e. The number of thiophene rings is 1. The lowest BCUT2D eigenvalue weighted by Gasteiger charge is -2.18. The summed E-state index contributed by atoms with van der Waals surface area (Å²) >= 11 is 4.35. The quantitative estimate of drug-likeness (QED) is 0.750. The van der Waals surface area contributed by atoms with Crippen LogP contribution in [0.3, 0.4) is 0 Å². The van der Waals surface area contributed by atoms with Crippen molar-refractivity contribution in [2.45, 2.75) is 11.8 Å². The third kappa shape index (κ3) is 4.00. The number of aryl methyl sites for hydroxylation is 1. The zero-order valence-electron chi connectivity index (χ0n) is 9.79. The van der Waals surface area contributed by atoms with Crippen LogP contribution >= 0.6 is 27.3 Å². The molecule has 0 radical (unpaired) electrons. The summed E-state index contributed by atoms with van der Waals surface area (Å²) in [6.07, 6.45) is 0. The van der Waals surface area contributed by atoms with Crippen molar-refractivity contribution in [3.05, 3.63) is 14.7 Å². The van der Waals surface area contributed by atoms with E-state index in [0.717, 1.165) is 0 Å². The summed E-state index contributed by atoms with van der Waals surface area (Å²) < 4.78 is 25.7. The van der Waals surface area contributed by atoms with Gasteiger partial charge in [0.1, 0.15) is 6.54 Å². The number of hydrogen-bond donors (Lipinski definition) is 2. The topological polar surface area (TPSA) is 118 Å². The van der Waals surface area contributed by atoms with Crippen molar-refractivity contribution in [2.24, 2.45) is 5.73 Å². The lowest BCUT2D eigenvalue weighted by Crippen LogP contribution is -2.41. The fraction of sp³-hybridized carbons (Fsp3) is 0.333. The van der Waals surface area contributed by atoms with E-state index in [-0.39, 0.29) is 4.90 Å². The lowest BCUT2D eigenvalue weighted by atomic mass is 10.5. The Morgan fingerprint density at radius 3 is 2.42 bits per heavy atom. The number of rotatable bonds is 6. The molecule has 0 aliphatic rings. The highest BCUT2D eigenvalue weighted by Crippen LogP contribution is 2.31. The van der Waals surface area contributed by atoms with Gasteiger partial charge in [-0.25, -0.2) is 8.42 Å². The van der Waals surface area contributed by atoms with E-state index in [9.17, 15) is 18.0 Å². The summed E-state index contributed by atoms with van der Waals surface area (Å²) in [6, 6.07) is 1.37. The van der Waals surface area contributed by atoms with E-state index in [1.807, 2.05) is 0 Å². The first kappa shape index (κ1) is 16.1. The number of primary amides is 1. The van der Waals surface area contributed by atoms with Crippen molar-refractivity contribution in [1.82, 2.24) is 4.31 Å². The van der Waals surface area contributed by atoms with Crippen molar-refractivity contribution in [3.63, 3.8) is 0 Å². The molecule has 19 heavy (non-hydrogen) atoms. The molecule has 106 valence electrons. The Kier molecular flexibility index (Phi) is 5.07. The van der Waals surface area contributed by atoms with E-state index in [1.54, 1.807) is 6.92 Å². The van der Waals surface area contributed by atoms with Gasteiger partial charge < -0.3 is 10.8 Å². The molecular formula is C9H11BrN2O5S2. The summed E-state index contributed by atoms with van der Waals surface area (Å²) in [5.41, 5.74) is 4.94. The zero-order chi connectivity index (χ0) is 14.8. The SMILES string of the molecule is Cc1sc(Br)cc1S(=O)(=O)N(CC(N)=O)CC(=O)O. The van der Waals surface area contributed by atoms with Crippen LogP contribution < -0.4 is 5.73 Å². The second-order valence-electron chi connectivity index (χ2n) is 3.60. The van der Waals surface area contributed by atoms with Gasteiger partial charge in [-0.1, -0.05) is 0 Å². The Morgan fingerprint density at radius 2 is 2.05 bits per heavy atom. The number of nitrogens with two attached hydrogens (primary N) is 1. The van der Waals surface area contributed by atoms with E-state index in [4.69, 9.17) is 10.8 Å². The second kappa shape index (κ2) is 5.99. The molecule has 10 heteroatoms. The van der Waals surface area contributed by atoms with Crippen molar-refractivity contribution >= 4 is 49.2 Å². The predicted molar refractivity (Wildman–Crippen MR) is 72.3 cm³/mol. The van der Waals surface area contributed by atoms with Crippen LogP contribution in [0.1, 0.15) is 4.88 Å². The average Bonchev–Trinajstić information content (AvgIpc) is 2.56. The molecule has 0 aliphatic heterocycles. The van der Waals surface area contributed by atoms with Gasteiger partial charge >= 0.3 is 5.97 Å². The number of hydrogen-bond acceptors (Lipinski definition) is 5. The Labute approximate surface area is 122 Å². The molecular weight excluding hydrogens is 360 g/mol. The van der Waals surface area contributed by atoms with Gasteiger partial charge in [0.25, 0.3) is 0 Å². The summed E-state index contributed by atoms with van der Waals surface area (Å²) in [5, 5.41) is 8.72. The molecule has 0 bridgehead atoms. The fourth-order valence-electron chi connectivity index (χ4n) is 1.38. The Hall–Kier alpha value is -0.970. The molecule has 0 saturated carbocycles. The van der Waals surface area contributed by atoms with E-state index in [1.165, 1.54) is 17.4 Å². The zero-order valence-corrected chi connectivity index (χ0v) is 13.0. The van der Waals surface area contributed by atoms with Gasteiger partial charge in [0.05, 0.1) is 15.2 Å². The largest absolute Gasteiger partial charge is 0.480 e. The van der Waals surface area contributed by atoms with Crippen LogP contribution in [0.2, 0.25) is 0 Å². The van der Waals surface area contributed by atoms with Crippen LogP contribution in [-0.2, 0) is 19.6 Å². The number of amides is 1. The van der Waals surface area contributed by atoms with Gasteiger partial charge in [-0.05, 0) is 28.9 Å². The Balaban J connectivity index is 3.22. The molecule has 7 nitrogen and oxygen atoms in total. The second-order valence-corrected chi connectivity index (χ2v) is 8.15. The first-order valence-electron chi connectivity index (χ1n) is 4.90. The molecule has 3 N–H and O–H groups in total. The minimum Gasteiger partial charge on any atom is -0.480 e. The number of carbonyl (C=O) groups is 2. The maximum absolute atomic E-state index is 12.3. The molecule has 1 heterocycles. The minimum absolute atomic E-state index is 0.0353. The number of sulfonamides is 1. The fourth-order valence-corrected chi connectivity index (χ4v) is 5.12. The average molecular weight is 371 g/mol. The highest BCUT2D eigenvalue weighted by molar-refractivity contribution is 9.11. The van der Waals surface area contributed by atoms with Crippen molar-refractivity contribution in [1.29, 1.82) is 0 Å². The summed E-state index contributed by atoms with van der Waals surface area (Å²) in [7, 11) is -4.07. The molecule has 0 atom stereocenters. The van der Waals surface area contributed by atoms with E-state index < -0.39 is 35.0 Å². The molecule has 1 aromatic heterocycles. The third-order valence-corrected chi connectivity index (χ3v) is 5.70. The molecule has 1 rings (SSSR count). The highest BCUT2D eigenvalue weighted by Gasteiger charge is 2.30. The first-order chi connectivity index (χ1) is 8.64. The van der Waals surface area contributed by atoms with Crippen LogP contribution in [-0.4, -0.2) is 42.8 Å². The van der Waals surface area contributed by atoms with Crippen LogP contribution in [0.4, 0.5) is 0 Å². The number of nitrogens with zero attached hydrogens (tertiary/aromatic N) is 1. The number of aliphatic carboxylic acids is 1. The maximum atomic E-state index is 12.3. The Morgan fingerprint density at radius 1 is 1.47 bits per heavy atom. The van der Waals surface area contributed by atoms with Crippen molar-refractivity contribution < 1.29 is 23.1 Å². The normalized spacial score (nSPS) is 11.7. The van der Waals surface area contributed by atoms with Gasteiger partial charge in [-0.15, -0.1) is 11.3 Å². The molecule has 1 aromatic rings. The molecule has 0 saturated heterocycles. The monoisotopic (exact) mass is 370 g/mol. The van der Waals surface area contributed by atoms with Crippen molar-refractivity contribution in [2.75, 3.05) is 13.1 Å². The predicted octanol–water partition coefficient (Wildman–Crippen LogP) is 0.380. The van der Waals surface area contributed by atoms with Crippen LogP contribution in [0.15, 0.2) is 14.7 Å². The van der Waals surface area contributed by atoms with Crippen LogP contribution in [0.5, 0.6) is 0 Å². The Bertz CT molecular complexity index is 594. The summed E-state index contributed by atoms with van der Waals surface area (Å²) in [4.78, 5) is 22.0. The molecule has 0 unspecified atom stereocenters. The molecule has 1 amide bonds. The van der Waals surface area contributed by atoms with Crippen molar-refractivity contribution in [3.8, 4) is 0 Å². The molecule has 0 fully saturated rings. The summed E-state index contributed by atoms with van der Waals surface area (Å²) in [6.45, 7) is 0.0885. The lowest BCUT2D eigenvalue weighted by molar-refractivity contribution is -0.137. The number of carbonyl (C=O) groups excluding carboxylic acids is 1. The first-order valence-corrected chi connectivity index (χ1v) is 7.95. The minimum atomic E-state index is -4.07. The standard InChI is InChI=1S/C9H11BrN2O5S2/c1-5-6(2-7(10)18-5)19(16,17)12(3-8(11)13)4-9(14)15/h2H,3-4H2,1H3,(H2,11,13)(H,14,15). The molecule has 0 aromatic carbocycles. The van der Waals surface area contributed by atoms with E-state index >= 15 is 0 Å². The number of carboxylic acid groups (broad SMARTS) is 1. The van der Waals surface area contributed by atoms with Gasteiger partial charge in [0, 0.05) is 4.88 Å². The van der Waals surface area contributed by atoms with Gasteiger partial charge in [0.2, 0.25) is 15.9 Å². The molecule has 0 aliphatic carbocycles. The number of halogens is 1. The van der Waals surface area contributed by atoms with Gasteiger partial charge in [0.15, 0.2) is 0 Å². The highest BCUT2D eigenvalue weighted by atomic mass is 79.9. The third-order valence-electron chi connectivity index (χ3n) is 2.10. The van der Waals surface area contributed by atoms with Gasteiger partial charge in [-0.3, -0.25) is 9.59 Å². The summed E-state index contributed by atoms with van der Waals surface area (Å²) in [5.74, 6) is -2.28.